The highest BCUT2D eigenvalue weighted by Crippen LogP contribution is 2.25. The quantitative estimate of drug-likeness (QED) is 0.811. The SMILES string of the molecule is CC1CCCN1C(=O)c1cc(C(=O)NCc2cc(F)c(C#N)c(F)c2)c2n1CCOC2. The van der Waals surface area contributed by atoms with Crippen LogP contribution in [0.3, 0.4) is 0 Å². The van der Waals surface area contributed by atoms with E-state index in [1.807, 2.05) is 16.4 Å². The molecule has 3 heterocycles. The summed E-state index contributed by atoms with van der Waals surface area (Å²) in [5, 5.41) is 11.4. The number of rotatable bonds is 4. The minimum absolute atomic E-state index is 0.108. The number of fused-ring (bicyclic) bond motifs is 1. The molecule has 31 heavy (non-hydrogen) atoms. The molecule has 1 aromatic heterocycles. The van der Waals surface area contributed by atoms with E-state index >= 15 is 0 Å². The lowest BCUT2D eigenvalue weighted by Crippen LogP contribution is -2.35. The van der Waals surface area contributed by atoms with Crippen LogP contribution in [0.1, 0.15) is 57.4 Å². The Kier molecular flexibility index (Phi) is 5.74. The van der Waals surface area contributed by atoms with E-state index in [1.54, 1.807) is 6.07 Å². The predicted octanol–water partition coefficient (Wildman–Crippen LogP) is 2.72. The van der Waals surface area contributed by atoms with Crippen molar-refractivity contribution in [2.24, 2.45) is 0 Å². The Hall–Kier alpha value is -3.25. The smallest absolute Gasteiger partial charge is 0.270 e. The normalized spacial score (nSPS) is 17.9. The lowest BCUT2D eigenvalue weighted by Gasteiger charge is -2.24. The summed E-state index contributed by atoms with van der Waals surface area (Å²) in [4.78, 5) is 27.8. The monoisotopic (exact) mass is 428 g/mol. The van der Waals surface area contributed by atoms with Crippen molar-refractivity contribution in [2.75, 3.05) is 13.2 Å². The van der Waals surface area contributed by atoms with Crippen molar-refractivity contribution in [3.63, 3.8) is 0 Å². The highest BCUT2D eigenvalue weighted by atomic mass is 19.1. The molecule has 1 fully saturated rings. The molecule has 1 atom stereocenters. The number of ether oxygens (including phenoxy) is 1. The molecule has 1 aromatic carbocycles. The van der Waals surface area contributed by atoms with Crippen LogP contribution in [0.2, 0.25) is 0 Å². The molecular weight excluding hydrogens is 406 g/mol. The standard InChI is InChI=1S/C22H22F2N4O3/c1-13-3-2-4-27(13)22(30)19-9-15(20-12-31-6-5-28(19)20)21(29)26-11-14-7-17(23)16(10-25)18(24)8-14/h7-9,13H,2-6,11-12H2,1H3,(H,26,29). The Morgan fingerprint density at radius 1 is 1.26 bits per heavy atom. The third-order valence-corrected chi connectivity index (χ3v) is 5.85. The molecule has 0 spiro atoms. The number of halogens is 2. The number of nitrogens with one attached hydrogen (secondary N) is 1. The van der Waals surface area contributed by atoms with Crippen LogP contribution >= 0.6 is 0 Å². The van der Waals surface area contributed by atoms with Gasteiger partial charge in [-0.15, -0.1) is 0 Å². The van der Waals surface area contributed by atoms with Gasteiger partial charge in [0.2, 0.25) is 0 Å². The molecule has 2 aliphatic rings. The van der Waals surface area contributed by atoms with E-state index in [-0.39, 0.29) is 30.7 Å². The average Bonchev–Trinajstić information content (AvgIpc) is 3.35. The lowest BCUT2D eigenvalue weighted by molar-refractivity contribution is 0.0684. The molecule has 0 aliphatic carbocycles. The fourth-order valence-corrected chi connectivity index (χ4v) is 4.19. The Morgan fingerprint density at radius 2 is 2.00 bits per heavy atom. The van der Waals surface area contributed by atoms with Gasteiger partial charge in [-0.25, -0.2) is 8.78 Å². The number of benzene rings is 1. The van der Waals surface area contributed by atoms with Gasteiger partial charge in [-0.3, -0.25) is 9.59 Å². The molecule has 162 valence electrons. The van der Waals surface area contributed by atoms with E-state index in [1.165, 1.54) is 6.07 Å². The molecule has 0 radical (unpaired) electrons. The van der Waals surface area contributed by atoms with E-state index in [9.17, 15) is 18.4 Å². The number of nitriles is 1. The van der Waals surface area contributed by atoms with Crippen molar-refractivity contribution in [2.45, 2.75) is 45.5 Å². The Labute approximate surface area is 178 Å². The van der Waals surface area contributed by atoms with Gasteiger partial charge in [0.15, 0.2) is 0 Å². The number of hydrogen-bond donors (Lipinski definition) is 1. The number of carbonyl (C=O) groups is 2. The van der Waals surface area contributed by atoms with Crippen LogP contribution in [0.4, 0.5) is 8.78 Å². The van der Waals surface area contributed by atoms with Gasteiger partial charge in [0.05, 0.1) is 24.5 Å². The molecule has 2 aromatic rings. The van der Waals surface area contributed by atoms with Gasteiger partial charge >= 0.3 is 0 Å². The second kappa shape index (κ2) is 8.47. The molecular formula is C22H22F2N4O3. The minimum Gasteiger partial charge on any atom is -0.373 e. The second-order valence-electron chi connectivity index (χ2n) is 7.81. The fraction of sp³-hybridized carbons (Fsp3) is 0.409. The zero-order chi connectivity index (χ0) is 22.1. The van der Waals surface area contributed by atoms with Crippen molar-refractivity contribution in [3.8, 4) is 6.07 Å². The van der Waals surface area contributed by atoms with Crippen LogP contribution < -0.4 is 5.32 Å². The number of amides is 2. The first kappa shape index (κ1) is 21.0. The second-order valence-corrected chi connectivity index (χ2v) is 7.81. The molecule has 0 saturated carbocycles. The maximum Gasteiger partial charge on any atom is 0.270 e. The summed E-state index contributed by atoms with van der Waals surface area (Å²) in [7, 11) is 0. The van der Waals surface area contributed by atoms with Crippen molar-refractivity contribution < 1.29 is 23.1 Å². The maximum absolute atomic E-state index is 13.8. The van der Waals surface area contributed by atoms with Crippen LogP contribution in [0, 0.1) is 23.0 Å². The molecule has 2 aliphatic heterocycles. The average molecular weight is 428 g/mol. The summed E-state index contributed by atoms with van der Waals surface area (Å²) in [5.41, 5.74) is 0.898. The first-order valence-corrected chi connectivity index (χ1v) is 10.2. The summed E-state index contributed by atoms with van der Waals surface area (Å²) >= 11 is 0. The molecule has 4 rings (SSSR count). The molecule has 0 bridgehead atoms. The summed E-state index contributed by atoms with van der Waals surface area (Å²) in [6.07, 6.45) is 1.90. The van der Waals surface area contributed by atoms with Crippen molar-refractivity contribution in [1.29, 1.82) is 5.26 Å². The number of carbonyl (C=O) groups excluding carboxylic acids is 2. The third kappa shape index (κ3) is 3.91. The highest BCUT2D eigenvalue weighted by molar-refractivity contribution is 6.00. The molecule has 1 saturated heterocycles. The van der Waals surface area contributed by atoms with Crippen LogP contribution in [-0.2, 0) is 24.4 Å². The molecule has 2 amide bonds. The van der Waals surface area contributed by atoms with Gasteiger partial charge in [0.25, 0.3) is 11.8 Å². The van der Waals surface area contributed by atoms with E-state index in [0.717, 1.165) is 25.0 Å². The zero-order valence-electron chi connectivity index (χ0n) is 17.1. The van der Waals surface area contributed by atoms with Gasteiger partial charge in [-0.05, 0) is 43.5 Å². The van der Waals surface area contributed by atoms with Gasteiger partial charge in [-0.2, -0.15) is 5.26 Å². The van der Waals surface area contributed by atoms with E-state index in [2.05, 4.69) is 5.32 Å². The summed E-state index contributed by atoms with van der Waals surface area (Å²) in [5.74, 6) is -2.53. The largest absolute Gasteiger partial charge is 0.373 e. The summed E-state index contributed by atoms with van der Waals surface area (Å²) in [6, 6.07) is 5.23. The first-order valence-electron chi connectivity index (χ1n) is 10.2. The number of likely N-dealkylation sites (tertiary alicyclic amines) is 1. The van der Waals surface area contributed by atoms with Crippen LogP contribution in [-0.4, -0.2) is 40.5 Å². The summed E-state index contributed by atoms with van der Waals surface area (Å²) in [6.45, 7) is 3.69. The van der Waals surface area contributed by atoms with Gasteiger partial charge in [0.1, 0.15) is 29.0 Å². The van der Waals surface area contributed by atoms with Crippen molar-refractivity contribution >= 4 is 11.8 Å². The number of aromatic nitrogens is 1. The van der Waals surface area contributed by atoms with Gasteiger partial charge in [-0.1, -0.05) is 0 Å². The van der Waals surface area contributed by atoms with Gasteiger partial charge in [0, 0.05) is 25.7 Å². The van der Waals surface area contributed by atoms with Crippen LogP contribution in [0.5, 0.6) is 0 Å². The Balaban J connectivity index is 1.57. The minimum atomic E-state index is -0.978. The molecule has 9 heteroatoms. The van der Waals surface area contributed by atoms with E-state index in [4.69, 9.17) is 10.00 Å². The van der Waals surface area contributed by atoms with E-state index in [0.29, 0.717) is 36.6 Å². The zero-order valence-corrected chi connectivity index (χ0v) is 17.1. The predicted molar refractivity (Wildman–Crippen MR) is 106 cm³/mol. The Bertz CT molecular complexity index is 1070. The number of nitrogens with zero attached hydrogens (tertiary/aromatic N) is 3. The Morgan fingerprint density at radius 3 is 2.65 bits per heavy atom. The van der Waals surface area contributed by atoms with Gasteiger partial charge < -0.3 is 19.5 Å². The van der Waals surface area contributed by atoms with Crippen molar-refractivity contribution in [3.05, 3.63) is 57.9 Å². The van der Waals surface area contributed by atoms with Crippen molar-refractivity contribution in [1.82, 2.24) is 14.8 Å². The molecule has 7 nitrogen and oxygen atoms in total. The molecule has 1 unspecified atom stereocenters. The third-order valence-electron chi connectivity index (χ3n) is 5.85. The lowest BCUT2D eigenvalue weighted by atomic mass is 10.1. The maximum atomic E-state index is 13.8. The topological polar surface area (TPSA) is 87.4 Å². The highest BCUT2D eigenvalue weighted by Gasteiger charge is 2.32. The molecule has 1 N–H and O–H groups in total. The van der Waals surface area contributed by atoms with Crippen LogP contribution in [0.15, 0.2) is 18.2 Å². The van der Waals surface area contributed by atoms with Crippen LogP contribution in [0.25, 0.3) is 0 Å². The first-order chi connectivity index (χ1) is 14.9. The fourth-order valence-electron chi connectivity index (χ4n) is 4.19. The summed E-state index contributed by atoms with van der Waals surface area (Å²) < 4.78 is 35.0. The number of hydrogen-bond acceptors (Lipinski definition) is 4. The van der Waals surface area contributed by atoms with E-state index < -0.39 is 23.1 Å².